The first-order chi connectivity index (χ1) is 7.84. The van der Waals surface area contributed by atoms with Crippen LogP contribution in [0.4, 0.5) is 4.39 Å². The van der Waals surface area contributed by atoms with Crippen molar-refractivity contribution in [2.45, 2.75) is 20.8 Å². The van der Waals surface area contributed by atoms with E-state index in [0.29, 0.717) is 16.7 Å². The standard InChI is InChI=1S/C14H16FNO/c1-8-5-6-12(15)7-13(8)9(2)14(10(3)16)11(4)17/h5-7H,3,16H2,1-2,4H3/b14-9-. The van der Waals surface area contributed by atoms with Gasteiger partial charge in [-0.25, -0.2) is 4.39 Å². The summed E-state index contributed by atoms with van der Waals surface area (Å²) in [5.41, 5.74) is 8.39. The van der Waals surface area contributed by atoms with Crippen LogP contribution in [0.15, 0.2) is 36.0 Å². The first kappa shape index (κ1) is 13.2. The molecule has 0 saturated heterocycles. The number of carbonyl (C=O) groups excluding carboxylic acids is 1. The predicted octanol–water partition coefficient (Wildman–Crippen LogP) is 2.97. The van der Waals surface area contributed by atoms with Crippen LogP contribution in [-0.4, -0.2) is 5.78 Å². The van der Waals surface area contributed by atoms with Crippen LogP contribution in [0.3, 0.4) is 0 Å². The summed E-state index contributed by atoms with van der Waals surface area (Å²) in [4.78, 5) is 11.5. The molecule has 0 unspecified atom stereocenters. The SMILES string of the molecule is C=C(N)/C(C(C)=O)=C(\C)c1cc(F)ccc1C. The van der Waals surface area contributed by atoms with Crippen LogP contribution >= 0.6 is 0 Å². The predicted molar refractivity (Wildman–Crippen MR) is 67.7 cm³/mol. The number of allylic oxidation sites excluding steroid dienone is 2. The highest BCUT2D eigenvalue weighted by atomic mass is 19.1. The molecule has 0 spiro atoms. The zero-order chi connectivity index (χ0) is 13.2. The highest BCUT2D eigenvalue weighted by molar-refractivity contribution is 6.04. The van der Waals surface area contributed by atoms with Gasteiger partial charge in [0.25, 0.3) is 0 Å². The summed E-state index contributed by atoms with van der Waals surface area (Å²) in [5.74, 6) is -0.505. The Labute approximate surface area is 101 Å². The Hall–Kier alpha value is -1.90. The van der Waals surface area contributed by atoms with Crippen LogP contribution in [-0.2, 0) is 4.79 Å². The van der Waals surface area contributed by atoms with E-state index in [2.05, 4.69) is 6.58 Å². The van der Waals surface area contributed by atoms with Gasteiger partial charge in [0, 0.05) is 11.3 Å². The maximum Gasteiger partial charge on any atom is 0.162 e. The summed E-state index contributed by atoms with van der Waals surface area (Å²) >= 11 is 0. The van der Waals surface area contributed by atoms with Crippen molar-refractivity contribution >= 4 is 11.4 Å². The van der Waals surface area contributed by atoms with Crippen molar-refractivity contribution in [1.82, 2.24) is 0 Å². The molecule has 0 aliphatic rings. The number of carbonyl (C=O) groups is 1. The first-order valence-corrected chi connectivity index (χ1v) is 5.27. The van der Waals surface area contributed by atoms with E-state index >= 15 is 0 Å². The number of Topliss-reactive ketones (excluding diaryl/α,β-unsaturated/α-hetero) is 1. The Morgan fingerprint density at radius 2 is 1.94 bits per heavy atom. The van der Waals surface area contributed by atoms with Gasteiger partial charge in [-0.2, -0.15) is 0 Å². The maximum atomic E-state index is 13.2. The van der Waals surface area contributed by atoms with Gasteiger partial charge in [-0.05, 0) is 49.6 Å². The molecule has 1 aromatic carbocycles. The second kappa shape index (κ2) is 4.95. The van der Waals surface area contributed by atoms with Crippen LogP contribution in [0.2, 0.25) is 0 Å². The van der Waals surface area contributed by atoms with Crippen LogP contribution in [0.5, 0.6) is 0 Å². The van der Waals surface area contributed by atoms with Crippen molar-refractivity contribution < 1.29 is 9.18 Å². The molecule has 0 aliphatic carbocycles. The van der Waals surface area contributed by atoms with Crippen molar-refractivity contribution in [1.29, 1.82) is 0 Å². The molecule has 0 fully saturated rings. The van der Waals surface area contributed by atoms with E-state index in [-0.39, 0.29) is 17.3 Å². The Bertz CT molecular complexity index is 499. The lowest BCUT2D eigenvalue weighted by molar-refractivity contribution is -0.113. The number of nitrogens with two attached hydrogens (primary N) is 1. The Kier molecular flexibility index (Phi) is 3.84. The van der Waals surface area contributed by atoms with Crippen LogP contribution in [0.1, 0.15) is 25.0 Å². The van der Waals surface area contributed by atoms with Gasteiger partial charge in [-0.1, -0.05) is 12.6 Å². The van der Waals surface area contributed by atoms with Crippen molar-refractivity contribution in [2.75, 3.05) is 0 Å². The summed E-state index contributed by atoms with van der Waals surface area (Å²) in [6.07, 6.45) is 0. The van der Waals surface area contributed by atoms with Crippen molar-refractivity contribution in [3.8, 4) is 0 Å². The normalized spacial score (nSPS) is 12.0. The summed E-state index contributed by atoms with van der Waals surface area (Å²) < 4.78 is 13.2. The molecular weight excluding hydrogens is 217 g/mol. The lowest BCUT2D eigenvalue weighted by Gasteiger charge is -2.12. The third-order valence-electron chi connectivity index (χ3n) is 2.65. The summed E-state index contributed by atoms with van der Waals surface area (Å²) in [6.45, 7) is 8.61. The van der Waals surface area contributed by atoms with E-state index in [1.54, 1.807) is 13.0 Å². The molecule has 0 amide bonds. The Morgan fingerprint density at radius 3 is 2.41 bits per heavy atom. The Morgan fingerprint density at radius 1 is 1.35 bits per heavy atom. The topological polar surface area (TPSA) is 43.1 Å². The third-order valence-corrected chi connectivity index (χ3v) is 2.65. The van der Waals surface area contributed by atoms with E-state index in [1.165, 1.54) is 19.1 Å². The van der Waals surface area contributed by atoms with E-state index in [4.69, 9.17) is 5.73 Å². The van der Waals surface area contributed by atoms with Gasteiger partial charge in [0.05, 0.1) is 0 Å². The number of halogens is 1. The van der Waals surface area contributed by atoms with Gasteiger partial charge < -0.3 is 5.73 Å². The number of ketones is 1. The zero-order valence-electron chi connectivity index (χ0n) is 10.3. The van der Waals surface area contributed by atoms with Crippen molar-refractivity contribution in [2.24, 2.45) is 5.73 Å². The molecule has 0 saturated carbocycles. The third kappa shape index (κ3) is 2.81. The molecule has 0 radical (unpaired) electrons. The summed E-state index contributed by atoms with van der Waals surface area (Å²) in [7, 11) is 0. The molecule has 90 valence electrons. The highest BCUT2D eigenvalue weighted by Crippen LogP contribution is 2.25. The fourth-order valence-electron chi connectivity index (χ4n) is 1.86. The van der Waals surface area contributed by atoms with Gasteiger partial charge in [0.1, 0.15) is 5.82 Å². The van der Waals surface area contributed by atoms with Gasteiger partial charge >= 0.3 is 0 Å². The maximum absolute atomic E-state index is 13.2. The smallest absolute Gasteiger partial charge is 0.162 e. The van der Waals surface area contributed by atoms with E-state index in [1.807, 2.05) is 6.92 Å². The van der Waals surface area contributed by atoms with E-state index in [9.17, 15) is 9.18 Å². The largest absolute Gasteiger partial charge is 0.399 e. The van der Waals surface area contributed by atoms with Crippen LogP contribution in [0.25, 0.3) is 5.57 Å². The number of aryl methyl sites for hydroxylation is 1. The van der Waals surface area contributed by atoms with Gasteiger partial charge in [-0.15, -0.1) is 0 Å². The second-order valence-electron chi connectivity index (χ2n) is 4.04. The number of rotatable bonds is 3. The number of benzene rings is 1. The molecule has 2 N–H and O–H groups in total. The fourth-order valence-corrected chi connectivity index (χ4v) is 1.86. The second-order valence-corrected chi connectivity index (χ2v) is 4.04. The minimum Gasteiger partial charge on any atom is -0.399 e. The molecular formula is C14H16FNO. The summed E-state index contributed by atoms with van der Waals surface area (Å²) in [5, 5.41) is 0. The minimum absolute atomic E-state index is 0.168. The molecule has 1 rings (SSSR count). The molecule has 3 heteroatoms. The average molecular weight is 233 g/mol. The molecule has 0 aliphatic heterocycles. The lowest BCUT2D eigenvalue weighted by atomic mass is 9.94. The van der Waals surface area contributed by atoms with E-state index < -0.39 is 0 Å². The molecule has 0 bridgehead atoms. The van der Waals surface area contributed by atoms with Gasteiger partial charge in [0.2, 0.25) is 0 Å². The highest BCUT2D eigenvalue weighted by Gasteiger charge is 2.13. The van der Waals surface area contributed by atoms with E-state index in [0.717, 1.165) is 5.56 Å². The fraction of sp³-hybridized carbons (Fsp3) is 0.214. The molecule has 17 heavy (non-hydrogen) atoms. The molecule has 0 aromatic heterocycles. The quantitative estimate of drug-likeness (QED) is 0.644. The zero-order valence-corrected chi connectivity index (χ0v) is 10.3. The van der Waals surface area contributed by atoms with Crippen LogP contribution in [0, 0.1) is 12.7 Å². The minimum atomic E-state index is -0.338. The monoisotopic (exact) mass is 233 g/mol. The van der Waals surface area contributed by atoms with Crippen molar-refractivity contribution in [3.63, 3.8) is 0 Å². The average Bonchev–Trinajstić information content (AvgIpc) is 2.20. The van der Waals surface area contributed by atoms with Crippen LogP contribution < -0.4 is 5.73 Å². The Balaban J connectivity index is 3.49. The molecule has 0 heterocycles. The van der Waals surface area contributed by atoms with Crippen molar-refractivity contribution in [3.05, 3.63) is 53.0 Å². The molecule has 1 aromatic rings. The van der Waals surface area contributed by atoms with Gasteiger partial charge in [0.15, 0.2) is 5.78 Å². The summed E-state index contributed by atoms with van der Waals surface area (Å²) in [6, 6.07) is 4.46. The number of hydrogen-bond acceptors (Lipinski definition) is 2. The molecule has 0 atom stereocenters. The van der Waals surface area contributed by atoms with Gasteiger partial charge in [-0.3, -0.25) is 4.79 Å². The lowest BCUT2D eigenvalue weighted by Crippen LogP contribution is -2.09. The first-order valence-electron chi connectivity index (χ1n) is 5.27. The molecule has 2 nitrogen and oxygen atoms in total. The number of hydrogen-bond donors (Lipinski definition) is 1.